The first kappa shape index (κ1) is 44.3. The van der Waals surface area contributed by atoms with Crippen molar-refractivity contribution in [3.05, 3.63) is 0 Å². The first-order valence-electron chi connectivity index (χ1n) is 19.8. The highest BCUT2D eigenvalue weighted by atomic mass is 16.3. The molecule has 0 spiro atoms. The Kier molecular flexibility index (Phi) is 32.7. The van der Waals surface area contributed by atoms with Crippen LogP contribution in [0.15, 0.2) is 0 Å². The molecule has 6 nitrogen and oxygen atoms in total. The van der Waals surface area contributed by atoms with Gasteiger partial charge in [-0.1, -0.05) is 194 Å². The second-order valence-electron chi connectivity index (χ2n) is 14.5. The smallest absolute Gasteiger partial charge is 0.249 e. The van der Waals surface area contributed by atoms with E-state index < -0.39 is 36.9 Å². The second-order valence-corrected chi connectivity index (χ2v) is 14.5. The lowest BCUT2D eigenvalue weighted by atomic mass is 9.98. The fourth-order valence-corrected chi connectivity index (χ4v) is 6.29. The highest BCUT2D eigenvalue weighted by Crippen LogP contribution is 2.17. The second kappa shape index (κ2) is 33.2. The van der Waals surface area contributed by atoms with E-state index in [-0.39, 0.29) is 0 Å². The van der Waals surface area contributed by atoms with Gasteiger partial charge in [0.15, 0.2) is 0 Å². The van der Waals surface area contributed by atoms with Crippen molar-refractivity contribution in [1.82, 2.24) is 5.32 Å². The SMILES string of the molecule is CCCCCCCCCCCCCCCCCCCCCC(O)C(=O)NC(CO)C(O)C(O)CCCCCCCCCC(C)C. The van der Waals surface area contributed by atoms with Gasteiger partial charge in [-0.25, -0.2) is 0 Å². The summed E-state index contributed by atoms with van der Waals surface area (Å²) in [6.07, 6.45) is 31.4. The van der Waals surface area contributed by atoms with Crippen LogP contribution in [0.2, 0.25) is 0 Å². The molecule has 1 amide bonds. The zero-order valence-corrected chi connectivity index (χ0v) is 30.3. The average molecular weight is 642 g/mol. The molecule has 0 heterocycles. The topological polar surface area (TPSA) is 110 Å². The summed E-state index contributed by atoms with van der Waals surface area (Å²) in [5.74, 6) is 0.192. The molecule has 5 N–H and O–H groups in total. The van der Waals surface area contributed by atoms with Gasteiger partial charge in [-0.15, -0.1) is 0 Å². The van der Waals surface area contributed by atoms with E-state index in [2.05, 4.69) is 26.1 Å². The Balaban J connectivity index is 3.71. The molecular formula is C39H79NO5. The number of hydrogen-bond donors (Lipinski definition) is 5. The van der Waals surface area contributed by atoms with Crippen molar-refractivity contribution in [2.45, 2.75) is 231 Å². The van der Waals surface area contributed by atoms with Gasteiger partial charge in [0, 0.05) is 0 Å². The molecule has 0 aliphatic heterocycles. The predicted molar refractivity (Wildman–Crippen MR) is 191 cm³/mol. The van der Waals surface area contributed by atoms with Crippen LogP contribution in [-0.4, -0.2) is 57.3 Å². The van der Waals surface area contributed by atoms with Gasteiger partial charge in [0.2, 0.25) is 5.91 Å². The number of unbranched alkanes of at least 4 members (excludes halogenated alkanes) is 24. The van der Waals surface area contributed by atoms with Crippen LogP contribution >= 0.6 is 0 Å². The van der Waals surface area contributed by atoms with E-state index in [0.717, 1.165) is 44.4 Å². The summed E-state index contributed by atoms with van der Waals surface area (Å²) in [6, 6.07) is -0.979. The molecule has 6 heteroatoms. The van der Waals surface area contributed by atoms with Crippen molar-refractivity contribution in [1.29, 1.82) is 0 Å². The standard InChI is InChI=1S/C39H79NO5/c1-4-5-6-7-8-9-10-11-12-13-14-15-16-17-18-19-22-26-29-32-37(43)39(45)40-35(33-41)38(44)36(42)31-28-25-23-20-21-24-27-30-34(2)3/h34-38,41-44H,4-33H2,1-3H3,(H,40,45). The maximum absolute atomic E-state index is 12.4. The van der Waals surface area contributed by atoms with Gasteiger partial charge in [0.05, 0.1) is 18.8 Å². The average Bonchev–Trinajstić information content (AvgIpc) is 3.03. The summed E-state index contributed by atoms with van der Waals surface area (Å²) < 4.78 is 0. The third-order valence-corrected chi connectivity index (χ3v) is 9.50. The summed E-state index contributed by atoms with van der Waals surface area (Å²) >= 11 is 0. The summed E-state index contributed by atoms with van der Waals surface area (Å²) in [7, 11) is 0. The summed E-state index contributed by atoms with van der Waals surface area (Å²) in [6.45, 7) is 6.32. The first-order valence-corrected chi connectivity index (χ1v) is 19.8. The van der Waals surface area contributed by atoms with Gasteiger partial charge in [-0.3, -0.25) is 4.79 Å². The summed E-state index contributed by atoms with van der Waals surface area (Å²) in [5.41, 5.74) is 0. The van der Waals surface area contributed by atoms with Crippen molar-refractivity contribution in [3.63, 3.8) is 0 Å². The van der Waals surface area contributed by atoms with Crippen LogP contribution in [0.25, 0.3) is 0 Å². The molecule has 0 saturated heterocycles. The number of aliphatic hydroxyl groups is 4. The highest BCUT2D eigenvalue weighted by molar-refractivity contribution is 5.80. The molecule has 0 aliphatic rings. The molecule has 45 heavy (non-hydrogen) atoms. The molecular weight excluding hydrogens is 562 g/mol. The zero-order chi connectivity index (χ0) is 33.4. The Morgan fingerprint density at radius 1 is 0.511 bits per heavy atom. The van der Waals surface area contributed by atoms with Crippen LogP contribution in [0, 0.1) is 5.92 Å². The molecule has 4 unspecified atom stereocenters. The molecule has 4 atom stereocenters. The number of carbonyl (C=O) groups is 1. The van der Waals surface area contributed by atoms with Crippen molar-refractivity contribution >= 4 is 5.91 Å². The highest BCUT2D eigenvalue weighted by Gasteiger charge is 2.28. The molecule has 0 aromatic rings. The van der Waals surface area contributed by atoms with Crippen LogP contribution in [0.5, 0.6) is 0 Å². The quantitative estimate of drug-likeness (QED) is 0.0443. The van der Waals surface area contributed by atoms with E-state index in [1.807, 2.05) is 0 Å². The molecule has 0 aromatic carbocycles. The zero-order valence-electron chi connectivity index (χ0n) is 30.3. The Morgan fingerprint density at radius 3 is 1.20 bits per heavy atom. The van der Waals surface area contributed by atoms with E-state index in [1.165, 1.54) is 135 Å². The van der Waals surface area contributed by atoms with Gasteiger partial charge in [0.25, 0.3) is 0 Å². The van der Waals surface area contributed by atoms with Gasteiger partial charge in [-0.05, 0) is 18.8 Å². The number of aliphatic hydroxyl groups excluding tert-OH is 4. The van der Waals surface area contributed by atoms with Crippen molar-refractivity contribution in [2.75, 3.05) is 6.61 Å². The summed E-state index contributed by atoms with van der Waals surface area (Å²) in [5, 5.41) is 43.4. The van der Waals surface area contributed by atoms with Crippen molar-refractivity contribution < 1.29 is 25.2 Å². The molecule has 0 fully saturated rings. The Bertz CT molecular complexity index is 616. The van der Waals surface area contributed by atoms with Crippen molar-refractivity contribution in [2.24, 2.45) is 5.92 Å². The van der Waals surface area contributed by atoms with Gasteiger partial charge in [0.1, 0.15) is 12.2 Å². The fraction of sp³-hybridized carbons (Fsp3) is 0.974. The number of rotatable bonds is 35. The van der Waals surface area contributed by atoms with Gasteiger partial charge in [-0.2, -0.15) is 0 Å². The molecule has 0 aromatic heterocycles. The minimum atomic E-state index is -1.25. The maximum atomic E-state index is 12.4. The van der Waals surface area contributed by atoms with E-state index in [0.29, 0.717) is 12.8 Å². The number of amides is 1. The largest absolute Gasteiger partial charge is 0.394 e. The van der Waals surface area contributed by atoms with Gasteiger partial charge >= 0.3 is 0 Å². The molecule has 0 rings (SSSR count). The van der Waals surface area contributed by atoms with Crippen LogP contribution in [0.4, 0.5) is 0 Å². The van der Waals surface area contributed by atoms with Crippen LogP contribution in [-0.2, 0) is 4.79 Å². The third-order valence-electron chi connectivity index (χ3n) is 9.50. The van der Waals surface area contributed by atoms with E-state index in [9.17, 15) is 25.2 Å². The molecule has 0 bridgehead atoms. The Morgan fingerprint density at radius 2 is 0.844 bits per heavy atom. The number of hydrogen-bond acceptors (Lipinski definition) is 5. The molecule has 0 radical (unpaired) electrons. The van der Waals surface area contributed by atoms with Gasteiger partial charge < -0.3 is 25.7 Å². The lowest BCUT2D eigenvalue weighted by molar-refractivity contribution is -0.132. The first-order chi connectivity index (χ1) is 21.8. The fourth-order valence-electron chi connectivity index (χ4n) is 6.29. The minimum Gasteiger partial charge on any atom is -0.394 e. The summed E-state index contributed by atoms with van der Waals surface area (Å²) in [4.78, 5) is 12.4. The predicted octanol–water partition coefficient (Wildman–Crippen LogP) is 9.54. The number of nitrogens with one attached hydrogen (secondary N) is 1. The molecule has 0 saturated carbocycles. The lowest BCUT2D eigenvalue weighted by Crippen LogP contribution is -2.53. The Labute approximate surface area is 279 Å². The third kappa shape index (κ3) is 29.2. The van der Waals surface area contributed by atoms with E-state index >= 15 is 0 Å². The maximum Gasteiger partial charge on any atom is 0.249 e. The normalized spacial score (nSPS) is 14.5. The van der Waals surface area contributed by atoms with Crippen LogP contribution in [0.1, 0.15) is 207 Å². The van der Waals surface area contributed by atoms with E-state index in [1.54, 1.807) is 0 Å². The monoisotopic (exact) mass is 642 g/mol. The molecule has 270 valence electrons. The van der Waals surface area contributed by atoms with Crippen LogP contribution in [0.3, 0.4) is 0 Å². The van der Waals surface area contributed by atoms with E-state index in [4.69, 9.17) is 0 Å². The lowest BCUT2D eigenvalue weighted by Gasteiger charge is -2.27. The molecule has 0 aliphatic carbocycles. The Hall–Kier alpha value is -0.690. The van der Waals surface area contributed by atoms with Crippen molar-refractivity contribution in [3.8, 4) is 0 Å². The number of carbonyl (C=O) groups excluding carboxylic acids is 1. The van der Waals surface area contributed by atoms with Crippen LogP contribution < -0.4 is 5.32 Å². The minimum absolute atomic E-state index is 0.374.